The van der Waals surface area contributed by atoms with Gasteiger partial charge < -0.3 is 14.8 Å². The number of hydrogen-bond acceptors (Lipinski definition) is 3. The first-order valence-electron chi connectivity index (χ1n) is 9.74. The molecule has 2 aromatic rings. The molecule has 0 radical (unpaired) electrons. The van der Waals surface area contributed by atoms with Crippen molar-refractivity contribution in [2.75, 3.05) is 19.6 Å². The molecule has 6 nitrogen and oxygen atoms in total. The number of hydrogen-bond donors (Lipinski definition) is 1. The Morgan fingerprint density at radius 1 is 1.19 bits per heavy atom. The highest BCUT2D eigenvalue weighted by atomic mass is 127. The molecule has 1 fully saturated rings. The monoisotopic (exact) mass is 482 g/mol. The van der Waals surface area contributed by atoms with E-state index in [1.807, 2.05) is 4.57 Å². The molecule has 0 aliphatic carbocycles. The van der Waals surface area contributed by atoms with Crippen LogP contribution in [0, 0.1) is 5.92 Å². The fourth-order valence-corrected chi connectivity index (χ4v) is 3.53. The first kappa shape index (κ1) is 21.7. The van der Waals surface area contributed by atoms with E-state index >= 15 is 0 Å². The van der Waals surface area contributed by atoms with Crippen molar-refractivity contribution in [2.45, 2.75) is 46.2 Å². The summed E-state index contributed by atoms with van der Waals surface area (Å²) in [6, 6.07) is 10.8. The Morgan fingerprint density at radius 2 is 1.93 bits per heavy atom. The van der Waals surface area contributed by atoms with Crippen LogP contribution in [0.5, 0.6) is 0 Å². The Hall–Kier alpha value is -1.64. The molecule has 1 saturated heterocycles. The summed E-state index contributed by atoms with van der Waals surface area (Å²) in [7, 11) is 0. The minimum atomic E-state index is 0. The van der Waals surface area contributed by atoms with Crippen molar-refractivity contribution in [1.82, 2.24) is 25.0 Å². The molecular weight excluding hydrogens is 451 g/mol. The molecule has 2 heterocycles. The molecule has 0 bridgehead atoms. The summed E-state index contributed by atoms with van der Waals surface area (Å²) < 4.78 is 2.04. The van der Waals surface area contributed by atoms with Crippen LogP contribution in [0.15, 0.2) is 41.7 Å². The number of nitrogens with one attached hydrogen (secondary N) is 1. The number of halogens is 1. The van der Waals surface area contributed by atoms with E-state index in [2.05, 4.69) is 64.6 Å². The minimum Gasteiger partial charge on any atom is -0.357 e. The predicted octanol–water partition coefficient (Wildman–Crippen LogP) is 3.34. The number of nitrogens with zero attached hydrogens (tertiary/aromatic N) is 5. The molecule has 1 N–H and O–H groups in total. The van der Waals surface area contributed by atoms with Crippen molar-refractivity contribution in [1.29, 1.82) is 0 Å². The molecule has 0 unspecified atom stereocenters. The van der Waals surface area contributed by atoms with Gasteiger partial charge in [0.15, 0.2) is 11.8 Å². The van der Waals surface area contributed by atoms with Crippen molar-refractivity contribution >= 4 is 29.9 Å². The molecule has 3 rings (SSSR count). The number of guanidine groups is 1. The van der Waals surface area contributed by atoms with Crippen LogP contribution in [0.1, 0.15) is 38.1 Å². The number of aliphatic imine (C=N–C) groups is 1. The van der Waals surface area contributed by atoms with E-state index in [0.29, 0.717) is 6.54 Å². The fourth-order valence-electron chi connectivity index (χ4n) is 3.53. The quantitative estimate of drug-likeness (QED) is 0.390. The summed E-state index contributed by atoms with van der Waals surface area (Å²) >= 11 is 0. The lowest BCUT2D eigenvalue weighted by Crippen LogP contribution is -2.45. The van der Waals surface area contributed by atoms with E-state index in [0.717, 1.165) is 43.9 Å². The number of rotatable bonds is 6. The minimum absolute atomic E-state index is 0. The number of aryl methyl sites for hydroxylation is 1. The molecule has 0 saturated carbocycles. The number of aromatic nitrogens is 3. The molecule has 1 aromatic carbocycles. The highest BCUT2D eigenvalue weighted by Gasteiger charge is 2.21. The van der Waals surface area contributed by atoms with E-state index in [1.54, 1.807) is 6.33 Å². The van der Waals surface area contributed by atoms with Crippen LogP contribution in [0.25, 0.3) is 0 Å². The average Bonchev–Trinajstić information content (AvgIpc) is 3.14. The standard InChI is InChI=1S/C20H30N6.HI/c1-3-21-20(22-15-19-24-23-16-25(19)4-2)26-12-10-18(11-13-26)14-17-8-6-5-7-9-17;/h5-9,16,18H,3-4,10-15H2,1-2H3,(H,21,22);1H. The summed E-state index contributed by atoms with van der Waals surface area (Å²) in [6.07, 6.45) is 5.38. The average molecular weight is 482 g/mol. The highest BCUT2D eigenvalue weighted by molar-refractivity contribution is 14.0. The van der Waals surface area contributed by atoms with Gasteiger partial charge >= 0.3 is 0 Å². The van der Waals surface area contributed by atoms with Crippen LogP contribution in [-0.2, 0) is 19.5 Å². The largest absolute Gasteiger partial charge is 0.357 e. The molecule has 0 spiro atoms. The Morgan fingerprint density at radius 3 is 2.59 bits per heavy atom. The molecule has 1 aliphatic rings. The van der Waals surface area contributed by atoms with Gasteiger partial charge in [-0.2, -0.15) is 0 Å². The van der Waals surface area contributed by atoms with Gasteiger partial charge in [0, 0.05) is 26.2 Å². The van der Waals surface area contributed by atoms with Crippen LogP contribution < -0.4 is 5.32 Å². The molecule has 27 heavy (non-hydrogen) atoms. The normalized spacial score (nSPS) is 15.5. The summed E-state index contributed by atoms with van der Waals surface area (Å²) in [5, 5.41) is 11.6. The zero-order valence-electron chi connectivity index (χ0n) is 16.3. The third kappa shape index (κ3) is 6.19. The highest BCUT2D eigenvalue weighted by Crippen LogP contribution is 2.21. The maximum absolute atomic E-state index is 4.81. The van der Waals surface area contributed by atoms with E-state index in [1.165, 1.54) is 24.8 Å². The SMILES string of the molecule is CCNC(=NCc1nncn1CC)N1CCC(Cc2ccccc2)CC1.I. The van der Waals surface area contributed by atoms with E-state index in [-0.39, 0.29) is 24.0 Å². The van der Waals surface area contributed by atoms with Crippen LogP contribution in [0.3, 0.4) is 0 Å². The molecule has 1 aromatic heterocycles. The summed E-state index contributed by atoms with van der Waals surface area (Å²) in [4.78, 5) is 7.19. The summed E-state index contributed by atoms with van der Waals surface area (Å²) in [6.45, 7) is 8.65. The Kier molecular flexibility index (Phi) is 9.03. The number of piperidine rings is 1. The van der Waals surface area contributed by atoms with Crippen molar-refractivity contribution in [3.8, 4) is 0 Å². The van der Waals surface area contributed by atoms with Crippen molar-refractivity contribution in [3.05, 3.63) is 48.0 Å². The van der Waals surface area contributed by atoms with E-state index in [9.17, 15) is 0 Å². The smallest absolute Gasteiger partial charge is 0.194 e. The Balaban J connectivity index is 0.00000261. The molecular formula is C20H31IN6. The van der Waals surface area contributed by atoms with Crippen molar-refractivity contribution in [2.24, 2.45) is 10.9 Å². The van der Waals surface area contributed by atoms with Gasteiger partial charge in [-0.25, -0.2) is 4.99 Å². The van der Waals surface area contributed by atoms with Gasteiger partial charge in [0.05, 0.1) is 0 Å². The zero-order chi connectivity index (χ0) is 18.2. The van der Waals surface area contributed by atoms with Crippen molar-refractivity contribution in [3.63, 3.8) is 0 Å². The van der Waals surface area contributed by atoms with Gasteiger partial charge in [0.2, 0.25) is 0 Å². The van der Waals surface area contributed by atoms with E-state index in [4.69, 9.17) is 4.99 Å². The first-order valence-corrected chi connectivity index (χ1v) is 9.74. The molecule has 148 valence electrons. The predicted molar refractivity (Wildman–Crippen MR) is 120 cm³/mol. The van der Waals surface area contributed by atoms with Gasteiger partial charge in [-0.3, -0.25) is 0 Å². The van der Waals surface area contributed by atoms with Crippen molar-refractivity contribution < 1.29 is 0 Å². The second kappa shape index (κ2) is 11.3. The number of benzene rings is 1. The molecule has 1 aliphatic heterocycles. The maximum atomic E-state index is 4.81. The van der Waals surface area contributed by atoms with Gasteiger partial charge in [0.25, 0.3) is 0 Å². The van der Waals surface area contributed by atoms with E-state index < -0.39 is 0 Å². The van der Waals surface area contributed by atoms with Crippen LogP contribution >= 0.6 is 24.0 Å². The van der Waals surface area contributed by atoms with Gasteiger partial charge in [-0.1, -0.05) is 30.3 Å². The Bertz CT molecular complexity index is 692. The van der Waals surface area contributed by atoms with Gasteiger partial charge in [0.1, 0.15) is 12.9 Å². The van der Waals surface area contributed by atoms with Crippen LogP contribution in [0.4, 0.5) is 0 Å². The zero-order valence-corrected chi connectivity index (χ0v) is 18.7. The molecule has 0 amide bonds. The van der Waals surface area contributed by atoms with Gasteiger partial charge in [-0.05, 0) is 44.6 Å². The second-order valence-electron chi connectivity index (χ2n) is 6.82. The number of likely N-dealkylation sites (tertiary alicyclic amines) is 1. The van der Waals surface area contributed by atoms with Crippen LogP contribution in [0.2, 0.25) is 0 Å². The lowest BCUT2D eigenvalue weighted by atomic mass is 9.90. The lowest BCUT2D eigenvalue weighted by Gasteiger charge is -2.34. The molecule has 0 atom stereocenters. The first-order chi connectivity index (χ1) is 12.8. The summed E-state index contributed by atoms with van der Waals surface area (Å²) in [5.74, 6) is 2.68. The maximum Gasteiger partial charge on any atom is 0.194 e. The third-order valence-electron chi connectivity index (χ3n) is 5.02. The van der Waals surface area contributed by atoms with Crippen LogP contribution in [-0.4, -0.2) is 45.3 Å². The third-order valence-corrected chi connectivity index (χ3v) is 5.02. The lowest BCUT2D eigenvalue weighted by molar-refractivity contribution is 0.259. The Labute approximate surface area is 179 Å². The molecule has 7 heteroatoms. The fraction of sp³-hybridized carbons (Fsp3) is 0.550. The topological polar surface area (TPSA) is 58.3 Å². The van der Waals surface area contributed by atoms with Gasteiger partial charge in [-0.15, -0.1) is 34.2 Å². The second-order valence-corrected chi connectivity index (χ2v) is 6.82. The summed E-state index contributed by atoms with van der Waals surface area (Å²) in [5.41, 5.74) is 1.45.